The average Bonchev–Trinajstić information content (AvgIpc) is 2.47. The van der Waals surface area contributed by atoms with Gasteiger partial charge < -0.3 is 10.5 Å². The van der Waals surface area contributed by atoms with Gasteiger partial charge >= 0.3 is 0 Å². The van der Waals surface area contributed by atoms with Crippen LogP contribution in [0.2, 0.25) is 0 Å². The lowest BCUT2D eigenvalue weighted by molar-refractivity contribution is 0.305. The van der Waals surface area contributed by atoms with Crippen molar-refractivity contribution in [3.8, 4) is 5.75 Å². The van der Waals surface area contributed by atoms with Gasteiger partial charge in [0.1, 0.15) is 12.4 Å². The first-order valence-electron chi connectivity index (χ1n) is 6.46. The Labute approximate surface area is 114 Å². The summed E-state index contributed by atoms with van der Waals surface area (Å²) in [5, 5.41) is 0. The van der Waals surface area contributed by atoms with Crippen LogP contribution < -0.4 is 10.5 Å². The first-order valence-corrected chi connectivity index (χ1v) is 6.46. The molecule has 0 spiro atoms. The van der Waals surface area contributed by atoms with Crippen molar-refractivity contribution < 1.29 is 4.74 Å². The predicted molar refractivity (Wildman–Crippen MR) is 79.8 cm³/mol. The predicted octanol–water partition coefficient (Wildman–Crippen LogP) is 3.76. The van der Waals surface area contributed by atoms with E-state index in [9.17, 15) is 0 Å². The monoisotopic (exact) mass is 253 g/mol. The van der Waals surface area contributed by atoms with Crippen molar-refractivity contribution in [2.24, 2.45) is 5.73 Å². The molecular formula is C17H19NO. The standard InChI is InChI=1S/C17H19NO/c1-2-5-16-6-3-4-7-17(16)19-13-15-10-8-14(12-18)9-11-15/h2-11H,12-13,18H2,1H3. The van der Waals surface area contributed by atoms with Crippen molar-refractivity contribution in [2.45, 2.75) is 20.1 Å². The second kappa shape index (κ2) is 6.76. The Kier molecular flexibility index (Phi) is 4.76. The van der Waals surface area contributed by atoms with Crippen LogP contribution in [-0.2, 0) is 13.2 Å². The van der Waals surface area contributed by atoms with Crippen molar-refractivity contribution >= 4 is 6.08 Å². The molecule has 0 aliphatic rings. The van der Waals surface area contributed by atoms with Crippen molar-refractivity contribution in [3.05, 3.63) is 71.3 Å². The minimum absolute atomic E-state index is 0.569. The second-order valence-corrected chi connectivity index (χ2v) is 4.35. The SMILES string of the molecule is CC=Cc1ccccc1OCc1ccc(CN)cc1. The Morgan fingerprint density at radius 2 is 1.68 bits per heavy atom. The number of allylic oxidation sites excluding steroid dienone is 1. The Bertz CT molecular complexity index is 543. The molecule has 2 aromatic carbocycles. The molecule has 0 saturated carbocycles. The molecule has 2 rings (SSSR count). The number of nitrogens with two attached hydrogens (primary N) is 1. The molecule has 0 heterocycles. The summed E-state index contributed by atoms with van der Waals surface area (Å²) < 4.78 is 5.87. The zero-order valence-electron chi connectivity index (χ0n) is 11.2. The van der Waals surface area contributed by atoms with Crippen LogP contribution in [0.4, 0.5) is 0 Å². The lowest BCUT2D eigenvalue weighted by Crippen LogP contribution is -1.99. The van der Waals surface area contributed by atoms with Gasteiger partial charge in [0.15, 0.2) is 0 Å². The number of para-hydroxylation sites is 1. The average molecular weight is 253 g/mol. The molecule has 0 saturated heterocycles. The van der Waals surface area contributed by atoms with E-state index in [1.807, 2.05) is 55.5 Å². The minimum Gasteiger partial charge on any atom is -0.488 e. The number of ether oxygens (including phenoxy) is 1. The van der Waals surface area contributed by atoms with Crippen molar-refractivity contribution in [1.29, 1.82) is 0 Å². The van der Waals surface area contributed by atoms with Gasteiger partial charge in [0.05, 0.1) is 0 Å². The van der Waals surface area contributed by atoms with Crippen LogP contribution in [-0.4, -0.2) is 0 Å². The molecule has 0 fully saturated rings. The largest absolute Gasteiger partial charge is 0.488 e. The highest BCUT2D eigenvalue weighted by Gasteiger charge is 2.00. The lowest BCUT2D eigenvalue weighted by atomic mass is 10.1. The van der Waals surface area contributed by atoms with Gasteiger partial charge in [-0.25, -0.2) is 0 Å². The van der Waals surface area contributed by atoms with E-state index in [0.717, 1.165) is 22.4 Å². The highest BCUT2D eigenvalue weighted by atomic mass is 16.5. The van der Waals surface area contributed by atoms with E-state index in [1.54, 1.807) is 0 Å². The van der Waals surface area contributed by atoms with Crippen LogP contribution >= 0.6 is 0 Å². The van der Waals surface area contributed by atoms with E-state index in [4.69, 9.17) is 10.5 Å². The smallest absolute Gasteiger partial charge is 0.127 e. The molecule has 0 amide bonds. The lowest BCUT2D eigenvalue weighted by Gasteiger charge is -2.09. The molecule has 98 valence electrons. The Morgan fingerprint density at radius 3 is 2.37 bits per heavy atom. The Morgan fingerprint density at radius 1 is 1.00 bits per heavy atom. The van der Waals surface area contributed by atoms with Crippen LogP contribution in [0.5, 0.6) is 5.75 Å². The number of rotatable bonds is 5. The van der Waals surface area contributed by atoms with Gasteiger partial charge in [0.25, 0.3) is 0 Å². The molecule has 2 N–H and O–H groups in total. The molecule has 0 bridgehead atoms. The maximum atomic E-state index is 5.87. The normalized spacial score (nSPS) is 10.8. The fourth-order valence-electron chi connectivity index (χ4n) is 1.86. The third-order valence-corrected chi connectivity index (χ3v) is 2.92. The summed E-state index contributed by atoms with van der Waals surface area (Å²) in [4.78, 5) is 0. The van der Waals surface area contributed by atoms with Crippen LogP contribution in [0.15, 0.2) is 54.6 Å². The van der Waals surface area contributed by atoms with Gasteiger partial charge in [-0.2, -0.15) is 0 Å². The maximum absolute atomic E-state index is 5.87. The summed E-state index contributed by atoms with van der Waals surface area (Å²) >= 11 is 0. The maximum Gasteiger partial charge on any atom is 0.127 e. The van der Waals surface area contributed by atoms with Gasteiger partial charge in [0.2, 0.25) is 0 Å². The third-order valence-electron chi connectivity index (χ3n) is 2.92. The highest BCUT2D eigenvalue weighted by molar-refractivity contribution is 5.56. The quantitative estimate of drug-likeness (QED) is 0.880. The fraction of sp³-hybridized carbons (Fsp3) is 0.176. The minimum atomic E-state index is 0.569. The fourth-order valence-corrected chi connectivity index (χ4v) is 1.86. The van der Waals surface area contributed by atoms with Crippen LogP contribution in [0.25, 0.3) is 6.08 Å². The van der Waals surface area contributed by atoms with Gasteiger partial charge in [-0.05, 0) is 24.1 Å². The van der Waals surface area contributed by atoms with E-state index < -0.39 is 0 Å². The molecule has 0 atom stereocenters. The summed E-state index contributed by atoms with van der Waals surface area (Å²) in [6.07, 6.45) is 4.06. The first kappa shape index (κ1) is 13.4. The van der Waals surface area contributed by atoms with Gasteiger partial charge in [-0.15, -0.1) is 0 Å². The molecule has 2 heteroatoms. The van der Waals surface area contributed by atoms with E-state index in [0.29, 0.717) is 13.2 Å². The topological polar surface area (TPSA) is 35.2 Å². The molecule has 0 aliphatic carbocycles. The summed E-state index contributed by atoms with van der Waals surface area (Å²) in [7, 11) is 0. The molecule has 0 aliphatic heterocycles. The summed E-state index contributed by atoms with van der Waals surface area (Å²) in [5.74, 6) is 0.906. The molecule has 2 nitrogen and oxygen atoms in total. The van der Waals surface area contributed by atoms with Crippen LogP contribution in [0, 0.1) is 0 Å². The van der Waals surface area contributed by atoms with Gasteiger partial charge in [-0.3, -0.25) is 0 Å². The zero-order valence-corrected chi connectivity index (χ0v) is 11.2. The Balaban J connectivity index is 2.05. The van der Waals surface area contributed by atoms with Crippen molar-refractivity contribution in [1.82, 2.24) is 0 Å². The van der Waals surface area contributed by atoms with E-state index in [2.05, 4.69) is 12.1 Å². The van der Waals surface area contributed by atoms with Crippen LogP contribution in [0.1, 0.15) is 23.6 Å². The molecule has 2 aromatic rings. The number of hydrogen-bond donors (Lipinski definition) is 1. The van der Waals surface area contributed by atoms with Crippen molar-refractivity contribution in [3.63, 3.8) is 0 Å². The van der Waals surface area contributed by atoms with Gasteiger partial charge in [0, 0.05) is 12.1 Å². The zero-order chi connectivity index (χ0) is 13.5. The summed E-state index contributed by atoms with van der Waals surface area (Å²) in [6, 6.07) is 16.2. The van der Waals surface area contributed by atoms with Crippen LogP contribution in [0.3, 0.4) is 0 Å². The highest BCUT2D eigenvalue weighted by Crippen LogP contribution is 2.20. The van der Waals surface area contributed by atoms with E-state index >= 15 is 0 Å². The number of hydrogen-bond acceptors (Lipinski definition) is 2. The molecule has 0 radical (unpaired) electrons. The Hall–Kier alpha value is -2.06. The molecular weight excluding hydrogens is 234 g/mol. The molecule has 19 heavy (non-hydrogen) atoms. The summed E-state index contributed by atoms with van der Waals surface area (Å²) in [5.41, 5.74) is 8.96. The number of benzene rings is 2. The first-order chi connectivity index (χ1) is 9.33. The molecule has 0 aromatic heterocycles. The second-order valence-electron chi connectivity index (χ2n) is 4.35. The molecule has 0 unspecified atom stereocenters. The van der Waals surface area contributed by atoms with Gasteiger partial charge in [-0.1, -0.05) is 54.6 Å². The summed E-state index contributed by atoms with van der Waals surface area (Å²) in [6.45, 7) is 3.15. The van der Waals surface area contributed by atoms with Crippen molar-refractivity contribution in [2.75, 3.05) is 0 Å². The third kappa shape index (κ3) is 3.70. The van der Waals surface area contributed by atoms with E-state index in [1.165, 1.54) is 0 Å². The van der Waals surface area contributed by atoms with E-state index in [-0.39, 0.29) is 0 Å².